The van der Waals surface area contributed by atoms with Crippen LogP contribution in [0.2, 0.25) is 10.0 Å². The van der Waals surface area contributed by atoms with Gasteiger partial charge in [-0.2, -0.15) is 0 Å². The Morgan fingerprint density at radius 2 is 1.63 bits per heavy atom. The first-order valence-electron chi connectivity index (χ1n) is 12.3. The zero-order chi connectivity index (χ0) is 27.5. The molecule has 0 bridgehead atoms. The zero-order valence-electron chi connectivity index (χ0n) is 21.4. The van der Waals surface area contributed by atoms with Crippen LogP contribution in [-0.2, 0) is 7.05 Å². The van der Waals surface area contributed by atoms with E-state index in [1.165, 1.54) is 23.1 Å². The van der Waals surface area contributed by atoms with Gasteiger partial charge in [-0.05, 0) is 67.6 Å². The van der Waals surface area contributed by atoms with Gasteiger partial charge in [0.25, 0.3) is 5.91 Å². The van der Waals surface area contributed by atoms with Crippen molar-refractivity contribution in [3.05, 3.63) is 104 Å². The van der Waals surface area contributed by atoms with Crippen molar-refractivity contribution in [2.75, 3.05) is 6.54 Å². The molecule has 2 heterocycles. The van der Waals surface area contributed by atoms with Crippen molar-refractivity contribution < 1.29 is 18.4 Å². The number of hydrogen-bond donors (Lipinski definition) is 0. The van der Waals surface area contributed by atoms with Gasteiger partial charge in [0.1, 0.15) is 17.7 Å². The van der Waals surface area contributed by atoms with Crippen LogP contribution in [0.3, 0.4) is 0 Å². The van der Waals surface area contributed by atoms with Crippen LogP contribution in [0, 0.1) is 32.4 Å². The number of carbonyl (C=O) groups excluding carboxylic acids is 2. The molecule has 1 amide bonds. The van der Waals surface area contributed by atoms with Gasteiger partial charge in [0.05, 0.1) is 21.2 Å². The van der Waals surface area contributed by atoms with Gasteiger partial charge in [-0.3, -0.25) is 9.59 Å². The minimum Gasteiger partial charge on any atom is -0.350 e. The molecule has 0 radical (unpaired) electrons. The molecular weight excluding hydrogens is 529 g/mol. The Labute approximate surface area is 229 Å². The summed E-state index contributed by atoms with van der Waals surface area (Å²) in [5, 5.41) is 0.937. The summed E-state index contributed by atoms with van der Waals surface area (Å²) in [5.74, 6) is -3.33. The molecule has 196 valence electrons. The van der Waals surface area contributed by atoms with Crippen molar-refractivity contribution in [2.45, 2.75) is 39.2 Å². The largest absolute Gasteiger partial charge is 0.350 e. The number of aryl methyl sites for hydroxylation is 3. The molecule has 3 aromatic carbocycles. The van der Waals surface area contributed by atoms with E-state index in [4.69, 9.17) is 23.2 Å². The molecule has 1 aliphatic heterocycles. The lowest BCUT2D eigenvalue weighted by atomic mass is 9.86. The summed E-state index contributed by atoms with van der Waals surface area (Å²) in [6.07, 6.45) is 2.35. The van der Waals surface area contributed by atoms with Crippen molar-refractivity contribution in [3.63, 3.8) is 0 Å². The van der Waals surface area contributed by atoms with Crippen LogP contribution in [0.25, 0.3) is 10.9 Å². The van der Waals surface area contributed by atoms with Gasteiger partial charge in [-0.1, -0.05) is 47.5 Å². The Bertz CT molecular complexity index is 1630. The van der Waals surface area contributed by atoms with E-state index in [-0.39, 0.29) is 27.7 Å². The molecule has 4 aromatic rings. The molecule has 1 fully saturated rings. The van der Waals surface area contributed by atoms with Crippen LogP contribution in [0.1, 0.15) is 55.3 Å². The van der Waals surface area contributed by atoms with Crippen LogP contribution in [0.15, 0.2) is 48.7 Å². The van der Waals surface area contributed by atoms with Gasteiger partial charge < -0.3 is 9.47 Å². The van der Waals surface area contributed by atoms with Gasteiger partial charge in [-0.15, -0.1) is 0 Å². The van der Waals surface area contributed by atoms with E-state index < -0.39 is 35.3 Å². The second-order valence-electron chi connectivity index (χ2n) is 9.96. The summed E-state index contributed by atoms with van der Waals surface area (Å²) in [6, 6.07) is 10.6. The third-order valence-corrected chi connectivity index (χ3v) is 8.68. The molecule has 0 saturated carbocycles. The lowest BCUT2D eigenvalue weighted by Gasteiger charge is -2.28. The summed E-state index contributed by atoms with van der Waals surface area (Å²) >= 11 is 12.9. The van der Waals surface area contributed by atoms with E-state index in [0.29, 0.717) is 23.1 Å². The Kier molecular flexibility index (Phi) is 6.82. The number of hydrogen-bond acceptors (Lipinski definition) is 2. The fourth-order valence-electron chi connectivity index (χ4n) is 5.54. The summed E-state index contributed by atoms with van der Waals surface area (Å²) in [6.45, 7) is 5.27. The fraction of sp³-hybridized carbons (Fsp3) is 0.267. The molecule has 1 aliphatic rings. The molecular formula is C30H26Cl2F2N2O2. The third-order valence-electron chi connectivity index (χ3n) is 7.72. The van der Waals surface area contributed by atoms with E-state index in [2.05, 4.69) is 0 Å². The molecule has 0 spiro atoms. The number of benzene rings is 3. The summed E-state index contributed by atoms with van der Waals surface area (Å²) in [5.41, 5.74) is 2.99. The van der Waals surface area contributed by atoms with Crippen LogP contribution >= 0.6 is 23.2 Å². The first-order valence-corrected chi connectivity index (χ1v) is 13.1. The smallest absolute Gasteiger partial charge is 0.259 e. The lowest BCUT2D eigenvalue weighted by Crippen LogP contribution is -2.43. The SMILES string of the molecule is Cc1cc(F)c(C(=O)C2C(c3cn(C)c4ccccc34)CCN2C(=O)c2c(F)ccc(C)c2Cl)c(Cl)c1C. The Balaban J connectivity index is 1.70. The standard InChI is InChI=1S/C30H26Cl2F2N2O2/c1-15-9-10-21(33)25(26(15)31)30(38)36-12-11-19(20-14-35(4)23-8-6-5-7-18(20)23)28(36)29(37)24-22(34)13-16(2)17(3)27(24)32/h5-10,13-14,19,28H,11-12H2,1-4H3. The number of ketones is 1. The number of carbonyl (C=O) groups is 2. The molecule has 1 saturated heterocycles. The van der Waals surface area contributed by atoms with Gasteiger partial charge in [-0.25, -0.2) is 8.78 Å². The number of Topliss-reactive ketones (excluding diaryl/α,β-unsaturated/α-hetero) is 1. The van der Waals surface area contributed by atoms with E-state index in [9.17, 15) is 14.0 Å². The monoisotopic (exact) mass is 554 g/mol. The first kappa shape index (κ1) is 26.4. The minimum atomic E-state index is -1.11. The van der Waals surface area contributed by atoms with E-state index >= 15 is 4.39 Å². The summed E-state index contributed by atoms with van der Waals surface area (Å²) < 4.78 is 32.2. The Morgan fingerprint density at radius 1 is 0.921 bits per heavy atom. The quantitative estimate of drug-likeness (QED) is 0.244. The topological polar surface area (TPSA) is 42.3 Å². The molecule has 8 heteroatoms. The number of fused-ring (bicyclic) bond motifs is 1. The number of halogens is 4. The Hall–Kier alpha value is -3.22. The minimum absolute atomic E-state index is 0.00907. The van der Waals surface area contributed by atoms with Gasteiger partial charge in [0.15, 0.2) is 5.78 Å². The average molecular weight is 555 g/mol. The normalized spacial score (nSPS) is 17.4. The number of likely N-dealkylation sites (tertiary alicyclic amines) is 1. The second-order valence-corrected chi connectivity index (χ2v) is 10.7. The molecule has 1 aromatic heterocycles. The highest BCUT2D eigenvalue weighted by molar-refractivity contribution is 6.36. The lowest BCUT2D eigenvalue weighted by molar-refractivity contribution is 0.0657. The number of rotatable bonds is 4. The van der Waals surface area contributed by atoms with E-state index in [1.807, 2.05) is 42.1 Å². The average Bonchev–Trinajstić information content (AvgIpc) is 3.46. The van der Waals surface area contributed by atoms with Gasteiger partial charge >= 0.3 is 0 Å². The van der Waals surface area contributed by atoms with E-state index in [0.717, 1.165) is 16.5 Å². The van der Waals surface area contributed by atoms with Crippen molar-refractivity contribution in [3.8, 4) is 0 Å². The first-order chi connectivity index (χ1) is 18.0. The predicted octanol–water partition coefficient (Wildman–Crippen LogP) is 7.57. The molecule has 0 N–H and O–H groups in total. The maximum Gasteiger partial charge on any atom is 0.259 e. The second kappa shape index (κ2) is 9.83. The maximum absolute atomic E-state index is 15.3. The number of nitrogens with zero attached hydrogens (tertiary/aromatic N) is 2. The molecule has 5 rings (SSSR count). The van der Waals surface area contributed by atoms with Crippen LogP contribution in [0.4, 0.5) is 8.78 Å². The highest BCUT2D eigenvalue weighted by Crippen LogP contribution is 2.42. The van der Waals surface area contributed by atoms with Crippen LogP contribution in [-0.4, -0.2) is 33.7 Å². The molecule has 2 unspecified atom stereocenters. The van der Waals surface area contributed by atoms with Crippen molar-refractivity contribution in [2.24, 2.45) is 7.05 Å². The highest BCUT2D eigenvalue weighted by atomic mass is 35.5. The predicted molar refractivity (Wildman–Crippen MR) is 146 cm³/mol. The molecule has 0 aliphatic carbocycles. The zero-order valence-corrected chi connectivity index (χ0v) is 22.9. The fourth-order valence-corrected chi connectivity index (χ4v) is 6.11. The van der Waals surface area contributed by atoms with Crippen LogP contribution in [0.5, 0.6) is 0 Å². The van der Waals surface area contributed by atoms with Crippen molar-refractivity contribution in [1.82, 2.24) is 9.47 Å². The summed E-state index contributed by atoms with van der Waals surface area (Å²) in [7, 11) is 1.91. The van der Waals surface area contributed by atoms with Gasteiger partial charge in [0, 0.05) is 36.6 Å². The van der Waals surface area contributed by atoms with Crippen molar-refractivity contribution >= 4 is 45.8 Å². The Morgan fingerprint density at radius 3 is 2.37 bits per heavy atom. The third kappa shape index (κ3) is 4.11. The molecule has 2 atom stereocenters. The summed E-state index contributed by atoms with van der Waals surface area (Å²) in [4.78, 5) is 29.4. The van der Waals surface area contributed by atoms with Crippen LogP contribution < -0.4 is 0 Å². The van der Waals surface area contributed by atoms with Crippen molar-refractivity contribution in [1.29, 1.82) is 0 Å². The van der Waals surface area contributed by atoms with Gasteiger partial charge in [0.2, 0.25) is 0 Å². The maximum atomic E-state index is 15.3. The van der Waals surface area contributed by atoms with E-state index in [1.54, 1.807) is 20.8 Å². The highest BCUT2D eigenvalue weighted by Gasteiger charge is 2.46. The number of amides is 1. The molecule has 4 nitrogen and oxygen atoms in total. The number of para-hydroxylation sites is 1. The number of aromatic nitrogens is 1. The molecule has 38 heavy (non-hydrogen) atoms.